The predicted octanol–water partition coefficient (Wildman–Crippen LogP) is 2.85. The maximum atomic E-state index is 3.73. The minimum absolute atomic E-state index is 0.663. The Balaban J connectivity index is 1.59. The fraction of sp³-hybridized carbons (Fsp3) is 0.867. The Morgan fingerprint density at radius 1 is 1.29 bits per heavy atom. The second-order valence-electron chi connectivity index (χ2n) is 5.84. The summed E-state index contributed by atoms with van der Waals surface area (Å²) in [6.07, 6.45) is 14.1. The smallest absolute Gasteiger partial charge is 0.00817 e. The van der Waals surface area contributed by atoms with Gasteiger partial charge in [-0.2, -0.15) is 0 Å². The molecule has 0 radical (unpaired) electrons. The van der Waals surface area contributed by atoms with Crippen LogP contribution in [-0.2, 0) is 0 Å². The van der Waals surface area contributed by atoms with Crippen LogP contribution in [0.2, 0.25) is 0 Å². The van der Waals surface area contributed by atoms with Crippen molar-refractivity contribution in [3.05, 3.63) is 12.2 Å². The standard InChI is InChI=1S/C15H28N2/c1-13(11-15-9-5-6-10-16-15)17-12-14-7-3-2-4-8-14/h2-3,13-17H,4-12H2,1H3. The van der Waals surface area contributed by atoms with Crippen LogP contribution in [0, 0.1) is 5.92 Å². The summed E-state index contributed by atoms with van der Waals surface area (Å²) in [5.41, 5.74) is 0. The fourth-order valence-corrected chi connectivity index (χ4v) is 3.04. The summed E-state index contributed by atoms with van der Waals surface area (Å²) in [5.74, 6) is 0.877. The summed E-state index contributed by atoms with van der Waals surface area (Å²) in [6.45, 7) is 4.78. The van der Waals surface area contributed by atoms with E-state index in [1.165, 1.54) is 58.0 Å². The van der Waals surface area contributed by atoms with Crippen LogP contribution in [0.4, 0.5) is 0 Å². The van der Waals surface area contributed by atoms with Crippen molar-refractivity contribution in [3.8, 4) is 0 Å². The molecule has 1 heterocycles. The quantitative estimate of drug-likeness (QED) is 0.717. The second kappa shape index (κ2) is 7.17. The van der Waals surface area contributed by atoms with Gasteiger partial charge in [0, 0.05) is 12.1 Å². The first-order valence-electron chi connectivity index (χ1n) is 7.46. The Labute approximate surface area is 106 Å². The highest BCUT2D eigenvalue weighted by Crippen LogP contribution is 2.18. The minimum atomic E-state index is 0.663. The third-order valence-electron chi connectivity index (χ3n) is 4.18. The van der Waals surface area contributed by atoms with Crippen LogP contribution in [0.3, 0.4) is 0 Å². The van der Waals surface area contributed by atoms with Gasteiger partial charge in [0.25, 0.3) is 0 Å². The van der Waals surface area contributed by atoms with Gasteiger partial charge in [-0.25, -0.2) is 0 Å². The van der Waals surface area contributed by atoms with Crippen LogP contribution in [-0.4, -0.2) is 25.2 Å². The van der Waals surface area contributed by atoms with Gasteiger partial charge in [0.15, 0.2) is 0 Å². The van der Waals surface area contributed by atoms with Gasteiger partial charge in [-0.1, -0.05) is 18.6 Å². The second-order valence-corrected chi connectivity index (χ2v) is 5.84. The molecule has 0 aromatic rings. The number of rotatable bonds is 5. The van der Waals surface area contributed by atoms with Crippen LogP contribution in [0.5, 0.6) is 0 Å². The molecule has 0 bridgehead atoms. The van der Waals surface area contributed by atoms with E-state index in [1.807, 2.05) is 0 Å². The van der Waals surface area contributed by atoms with Crippen LogP contribution >= 0.6 is 0 Å². The Hall–Kier alpha value is -0.340. The molecule has 3 unspecified atom stereocenters. The Morgan fingerprint density at radius 2 is 2.24 bits per heavy atom. The van der Waals surface area contributed by atoms with Crippen LogP contribution in [0.15, 0.2) is 12.2 Å². The zero-order chi connectivity index (χ0) is 11.9. The Bertz CT molecular complexity index is 231. The molecule has 0 aromatic heterocycles. The Morgan fingerprint density at radius 3 is 2.94 bits per heavy atom. The van der Waals surface area contributed by atoms with Crippen molar-refractivity contribution in [2.24, 2.45) is 5.92 Å². The molecule has 1 saturated heterocycles. The lowest BCUT2D eigenvalue weighted by atomic mass is 9.93. The van der Waals surface area contributed by atoms with Crippen LogP contribution in [0.25, 0.3) is 0 Å². The molecule has 98 valence electrons. The summed E-state index contributed by atoms with van der Waals surface area (Å²) >= 11 is 0. The van der Waals surface area contributed by atoms with Gasteiger partial charge in [0.1, 0.15) is 0 Å². The normalized spacial score (nSPS) is 31.4. The topological polar surface area (TPSA) is 24.1 Å². The summed E-state index contributed by atoms with van der Waals surface area (Å²) in [4.78, 5) is 0. The van der Waals surface area contributed by atoms with Gasteiger partial charge in [0.2, 0.25) is 0 Å². The third-order valence-corrected chi connectivity index (χ3v) is 4.18. The van der Waals surface area contributed by atoms with Crippen molar-refractivity contribution in [3.63, 3.8) is 0 Å². The van der Waals surface area contributed by atoms with Crippen molar-refractivity contribution in [2.45, 2.75) is 64.0 Å². The third kappa shape index (κ3) is 4.81. The molecule has 0 saturated carbocycles. The average molecular weight is 236 g/mol. The largest absolute Gasteiger partial charge is 0.314 e. The average Bonchev–Trinajstić information content (AvgIpc) is 2.39. The fourth-order valence-electron chi connectivity index (χ4n) is 3.04. The Kier molecular flexibility index (Phi) is 5.53. The maximum absolute atomic E-state index is 3.73. The molecule has 2 heteroatoms. The molecule has 17 heavy (non-hydrogen) atoms. The zero-order valence-electron chi connectivity index (χ0n) is 11.3. The van der Waals surface area contributed by atoms with Gasteiger partial charge in [-0.3, -0.25) is 0 Å². The molecule has 0 spiro atoms. The molecular weight excluding hydrogens is 208 g/mol. The molecule has 1 aliphatic carbocycles. The van der Waals surface area contributed by atoms with Gasteiger partial charge in [0.05, 0.1) is 0 Å². The lowest BCUT2D eigenvalue weighted by Gasteiger charge is -2.28. The number of nitrogens with one attached hydrogen (secondary N) is 2. The van der Waals surface area contributed by atoms with Crippen LogP contribution < -0.4 is 10.6 Å². The van der Waals surface area contributed by atoms with E-state index in [4.69, 9.17) is 0 Å². The summed E-state index contributed by atoms with van der Waals surface area (Å²) < 4.78 is 0. The van der Waals surface area contributed by atoms with Gasteiger partial charge in [-0.15, -0.1) is 0 Å². The molecule has 0 aromatic carbocycles. The molecule has 2 N–H and O–H groups in total. The first-order valence-corrected chi connectivity index (χ1v) is 7.46. The van der Waals surface area contributed by atoms with Gasteiger partial charge in [-0.05, 0) is 64.5 Å². The van der Waals surface area contributed by atoms with E-state index in [9.17, 15) is 0 Å². The zero-order valence-corrected chi connectivity index (χ0v) is 11.3. The molecule has 2 rings (SSSR count). The molecule has 2 nitrogen and oxygen atoms in total. The molecule has 1 aliphatic heterocycles. The van der Waals surface area contributed by atoms with E-state index >= 15 is 0 Å². The monoisotopic (exact) mass is 236 g/mol. The van der Waals surface area contributed by atoms with Crippen molar-refractivity contribution in [1.82, 2.24) is 10.6 Å². The minimum Gasteiger partial charge on any atom is -0.314 e. The molecule has 1 fully saturated rings. The molecular formula is C15H28N2. The highest BCUT2D eigenvalue weighted by Gasteiger charge is 2.16. The van der Waals surface area contributed by atoms with E-state index < -0.39 is 0 Å². The summed E-state index contributed by atoms with van der Waals surface area (Å²) in [5, 5.41) is 7.36. The number of hydrogen-bond acceptors (Lipinski definition) is 2. The number of hydrogen-bond donors (Lipinski definition) is 2. The first-order chi connectivity index (χ1) is 8.34. The SMILES string of the molecule is CC(CC1CCCCN1)NCC1CC=CCC1. The van der Waals surface area contributed by atoms with E-state index in [2.05, 4.69) is 29.7 Å². The molecule has 2 aliphatic rings. The number of piperidine rings is 1. The summed E-state index contributed by atoms with van der Waals surface area (Å²) in [7, 11) is 0. The maximum Gasteiger partial charge on any atom is 0.00817 e. The van der Waals surface area contributed by atoms with Gasteiger partial charge < -0.3 is 10.6 Å². The van der Waals surface area contributed by atoms with E-state index in [0.717, 1.165) is 12.0 Å². The lowest BCUT2D eigenvalue weighted by Crippen LogP contribution is -2.41. The highest BCUT2D eigenvalue weighted by molar-refractivity contribution is 4.91. The van der Waals surface area contributed by atoms with E-state index in [0.29, 0.717) is 6.04 Å². The molecule has 0 amide bonds. The van der Waals surface area contributed by atoms with Crippen LogP contribution in [0.1, 0.15) is 51.9 Å². The lowest BCUT2D eigenvalue weighted by molar-refractivity contribution is 0.330. The van der Waals surface area contributed by atoms with Crippen molar-refractivity contribution < 1.29 is 0 Å². The highest BCUT2D eigenvalue weighted by atomic mass is 15.0. The van der Waals surface area contributed by atoms with Crippen molar-refractivity contribution in [2.75, 3.05) is 13.1 Å². The number of allylic oxidation sites excluding steroid dienone is 2. The van der Waals surface area contributed by atoms with E-state index in [1.54, 1.807) is 0 Å². The molecule has 3 atom stereocenters. The first kappa shape index (κ1) is 13.1. The van der Waals surface area contributed by atoms with Gasteiger partial charge >= 0.3 is 0 Å². The summed E-state index contributed by atoms with van der Waals surface area (Å²) in [6, 6.07) is 1.43. The van der Waals surface area contributed by atoms with Crippen molar-refractivity contribution >= 4 is 0 Å². The van der Waals surface area contributed by atoms with Crippen molar-refractivity contribution in [1.29, 1.82) is 0 Å². The van der Waals surface area contributed by atoms with E-state index in [-0.39, 0.29) is 0 Å². The predicted molar refractivity (Wildman–Crippen MR) is 74.2 cm³/mol.